The fourth-order valence-corrected chi connectivity index (χ4v) is 2.17. The van der Waals surface area contributed by atoms with Gasteiger partial charge in [-0.3, -0.25) is 0 Å². The molecule has 1 nitrogen and oxygen atoms in total. The van der Waals surface area contributed by atoms with E-state index >= 15 is 0 Å². The van der Waals surface area contributed by atoms with E-state index in [4.69, 9.17) is 0 Å². The molecule has 74 valence electrons. The van der Waals surface area contributed by atoms with Crippen LogP contribution < -0.4 is 0 Å². The zero-order valence-electron chi connectivity index (χ0n) is 9.30. The second-order valence-corrected chi connectivity index (χ2v) is 4.58. The van der Waals surface area contributed by atoms with Crippen molar-refractivity contribution >= 4 is 0 Å². The first-order chi connectivity index (χ1) is 5.95. The lowest BCUT2D eigenvalue weighted by Gasteiger charge is -2.27. The average molecular weight is 179 g/mol. The van der Waals surface area contributed by atoms with E-state index in [2.05, 4.69) is 45.8 Å². The number of nitrogens with zero attached hydrogens (tertiary/aromatic N) is 1. The van der Waals surface area contributed by atoms with E-state index in [1.54, 1.807) is 0 Å². The SMILES string of the molecule is C=C1CC(C(C)C)C(=C)N1C(C)C. The molecule has 1 aliphatic rings. The highest BCUT2D eigenvalue weighted by molar-refractivity contribution is 5.21. The molecule has 0 aromatic carbocycles. The Morgan fingerprint density at radius 3 is 2.00 bits per heavy atom. The van der Waals surface area contributed by atoms with Gasteiger partial charge in [-0.25, -0.2) is 0 Å². The summed E-state index contributed by atoms with van der Waals surface area (Å²) in [7, 11) is 0. The van der Waals surface area contributed by atoms with Crippen molar-refractivity contribution in [3.63, 3.8) is 0 Å². The van der Waals surface area contributed by atoms with Gasteiger partial charge in [0.25, 0.3) is 0 Å². The van der Waals surface area contributed by atoms with E-state index < -0.39 is 0 Å². The van der Waals surface area contributed by atoms with Crippen LogP contribution in [0.15, 0.2) is 24.6 Å². The highest BCUT2D eigenvalue weighted by Crippen LogP contribution is 2.39. The lowest BCUT2D eigenvalue weighted by molar-refractivity contribution is 0.354. The molecule has 0 aromatic heterocycles. The van der Waals surface area contributed by atoms with Crippen molar-refractivity contribution in [3.8, 4) is 0 Å². The topological polar surface area (TPSA) is 3.24 Å². The molecule has 1 saturated heterocycles. The summed E-state index contributed by atoms with van der Waals surface area (Å²) in [5, 5.41) is 0. The van der Waals surface area contributed by atoms with Crippen molar-refractivity contribution in [3.05, 3.63) is 24.6 Å². The summed E-state index contributed by atoms with van der Waals surface area (Å²) in [6, 6.07) is 0.503. The Labute approximate surface area is 82.1 Å². The summed E-state index contributed by atoms with van der Waals surface area (Å²) in [5.74, 6) is 1.28. The summed E-state index contributed by atoms with van der Waals surface area (Å²) in [4.78, 5) is 2.28. The fourth-order valence-electron chi connectivity index (χ4n) is 2.17. The van der Waals surface area contributed by atoms with E-state index in [0.29, 0.717) is 17.9 Å². The van der Waals surface area contributed by atoms with Crippen molar-refractivity contribution in [1.82, 2.24) is 4.90 Å². The van der Waals surface area contributed by atoms with E-state index in [-0.39, 0.29) is 0 Å². The quantitative estimate of drug-likeness (QED) is 0.628. The maximum Gasteiger partial charge on any atom is 0.0279 e. The Bertz CT molecular complexity index is 225. The normalized spacial score (nSPS) is 23.8. The molecule has 1 rings (SSSR count). The zero-order chi connectivity index (χ0) is 10.2. The number of hydrogen-bond donors (Lipinski definition) is 0. The highest BCUT2D eigenvalue weighted by atomic mass is 15.2. The molecule has 1 atom stereocenters. The maximum atomic E-state index is 4.18. The minimum Gasteiger partial charge on any atom is -0.347 e. The monoisotopic (exact) mass is 179 g/mol. The first-order valence-electron chi connectivity index (χ1n) is 5.11. The molecule has 13 heavy (non-hydrogen) atoms. The lowest BCUT2D eigenvalue weighted by Crippen LogP contribution is -2.25. The predicted molar refractivity (Wildman–Crippen MR) is 58.2 cm³/mol. The molecule has 0 radical (unpaired) electrons. The van der Waals surface area contributed by atoms with Gasteiger partial charge in [-0.1, -0.05) is 27.0 Å². The number of allylic oxidation sites excluding steroid dienone is 2. The summed E-state index contributed by atoms with van der Waals surface area (Å²) in [6.45, 7) is 17.2. The molecule has 0 saturated carbocycles. The summed E-state index contributed by atoms with van der Waals surface area (Å²) in [5.41, 5.74) is 2.49. The van der Waals surface area contributed by atoms with Crippen LogP contribution in [0, 0.1) is 11.8 Å². The fraction of sp³-hybridized carbons (Fsp3) is 0.667. The summed E-state index contributed by atoms with van der Waals surface area (Å²) in [6.07, 6.45) is 1.09. The lowest BCUT2D eigenvalue weighted by atomic mass is 9.92. The first-order valence-corrected chi connectivity index (χ1v) is 5.11. The van der Waals surface area contributed by atoms with Crippen LogP contribution in [0.4, 0.5) is 0 Å². The third-order valence-electron chi connectivity index (χ3n) is 2.85. The standard InChI is InChI=1S/C12H21N/c1-8(2)12-7-10(5)13(9(3)4)11(12)6/h8-9,12H,5-7H2,1-4H3. The van der Waals surface area contributed by atoms with Crippen LogP contribution in [0.2, 0.25) is 0 Å². The van der Waals surface area contributed by atoms with Gasteiger partial charge in [0.1, 0.15) is 0 Å². The van der Waals surface area contributed by atoms with Crippen LogP contribution in [0.5, 0.6) is 0 Å². The maximum absolute atomic E-state index is 4.18. The molecule has 0 amide bonds. The number of hydrogen-bond acceptors (Lipinski definition) is 1. The van der Waals surface area contributed by atoms with Crippen molar-refractivity contribution in [2.75, 3.05) is 0 Å². The molecule has 1 unspecified atom stereocenters. The molecule has 0 bridgehead atoms. The largest absolute Gasteiger partial charge is 0.347 e. The van der Waals surface area contributed by atoms with E-state index in [0.717, 1.165) is 6.42 Å². The number of rotatable bonds is 2. The Hall–Kier alpha value is -0.720. The Morgan fingerprint density at radius 2 is 1.77 bits per heavy atom. The third kappa shape index (κ3) is 1.79. The van der Waals surface area contributed by atoms with Crippen LogP contribution in [0.1, 0.15) is 34.1 Å². The van der Waals surface area contributed by atoms with Gasteiger partial charge in [0.05, 0.1) is 0 Å². The van der Waals surface area contributed by atoms with Crippen LogP contribution >= 0.6 is 0 Å². The van der Waals surface area contributed by atoms with Gasteiger partial charge in [-0.15, -0.1) is 0 Å². The van der Waals surface area contributed by atoms with Crippen molar-refractivity contribution in [2.24, 2.45) is 11.8 Å². The second kappa shape index (κ2) is 3.57. The molecular weight excluding hydrogens is 158 g/mol. The molecule has 1 fully saturated rings. The minimum atomic E-state index is 0.503. The second-order valence-electron chi connectivity index (χ2n) is 4.58. The smallest absolute Gasteiger partial charge is 0.0279 e. The van der Waals surface area contributed by atoms with Gasteiger partial charge < -0.3 is 4.90 Å². The van der Waals surface area contributed by atoms with Gasteiger partial charge in [-0.2, -0.15) is 0 Å². The van der Waals surface area contributed by atoms with Crippen LogP contribution in [0.3, 0.4) is 0 Å². The summed E-state index contributed by atoms with van der Waals surface area (Å²) < 4.78 is 0. The predicted octanol–water partition coefficient (Wildman–Crippen LogP) is 3.40. The van der Waals surface area contributed by atoms with E-state index in [9.17, 15) is 0 Å². The highest BCUT2D eigenvalue weighted by Gasteiger charge is 2.32. The van der Waals surface area contributed by atoms with Crippen LogP contribution in [-0.4, -0.2) is 10.9 Å². The van der Waals surface area contributed by atoms with Gasteiger partial charge in [-0.05, 0) is 26.2 Å². The van der Waals surface area contributed by atoms with Crippen molar-refractivity contribution in [2.45, 2.75) is 40.2 Å². The van der Waals surface area contributed by atoms with Crippen molar-refractivity contribution in [1.29, 1.82) is 0 Å². The first kappa shape index (κ1) is 10.4. The Kier molecular flexibility index (Phi) is 2.84. The molecule has 1 heteroatoms. The van der Waals surface area contributed by atoms with Gasteiger partial charge >= 0.3 is 0 Å². The summed E-state index contributed by atoms with van der Waals surface area (Å²) >= 11 is 0. The molecular formula is C12H21N. The van der Waals surface area contributed by atoms with Gasteiger partial charge in [0, 0.05) is 23.4 Å². The zero-order valence-corrected chi connectivity index (χ0v) is 9.30. The third-order valence-corrected chi connectivity index (χ3v) is 2.85. The Balaban J connectivity index is 2.82. The van der Waals surface area contributed by atoms with Crippen LogP contribution in [-0.2, 0) is 0 Å². The van der Waals surface area contributed by atoms with Gasteiger partial charge in [0.15, 0.2) is 0 Å². The molecule has 0 N–H and O–H groups in total. The molecule has 0 spiro atoms. The molecule has 0 aliphatic carbocycles. The molecule has 1 heterocycles. The molecule has 1 aliphatic heterocycles. The van der Waals surface area contributed by atoms with Gasteiger partial charge in [0.2, 0.25) is 0 Å². The molecule has 0 aromatic rings. The minimum absolute atomic E-state index is 0.503. The van der Waals surface area contributed by atoms with Crippen LogP contribution in [0.25, 0.3) is 0 Å². The Morgan fingerprint density at radius 1 is 1.23 bits per heavy atom. The van der Waals surface area contributed by atoms with E-state index in [1.807, 2.05) is 0 Å². The average Bonchev–Trinajstić information content (AvgIpc) is 2.26. The van der Waals surface area contributed by atoms with E-state index in [1.165, 1.54) is 11.4 Å². The number of likely N-dealkylation sites (tertiary alicyclic amines) is 1. The van der Waals surface area contributed by atoms with Crippen molar-refractivity contribution < 1.29 is 0 Å².